The first kappa shape index (κ1) is 14.3. The van der Waals surface area contributed by atoms with Gasteiger partial charge in [0.05, 0.1) is 11.9 Å². The van der Waals surface area contributed by atoms with Crippen molar-refractivity contribution in [1.82, 2.24) is 14.5 Å². The normalized spacial score (nSPS) is 12.3. The van der Waals surface area contributed by atoms with Crippen LogP contribution in [0.4, 0.5) is 5.82 Å². The molecule has 3 aromatic rings. The van der Waals surface area contributed by atoms with E-state index in [1.807, 2.05) is 24.3 Å². The summed E-state index contributed by atoms with van der Waals surface area (Å²) in [5.74, 6) is 0.805. The van der Waals surface area contributed by atoms with E-state index in [-0.39, 0.29) is 5.56 Å². The average molecular weight is 294 g/mol. The SMILES string of the molecule is CCC(C)Nc1ccc(-n2c(=O)ccc3cccnc32)cn1. The standard InChI is InChI=1S/C17H18N4O/c1-3-12(2)20-15-8-7-14(11-19-15)21-16(22)9-6-13-5-4-10-18-17(13)21/h4-12H,3H2,1-2H3,(H,19,20). The molecule has 0 fully saturated rings. The number of hydrogen-bond acceptors (Lipinski definition) is 4. The van der Waals surface area contributed by atoms with Crippen LogP contribution in [0.15, 0.2) is 53.6 Å². The zero-order valence-corrected chi connectivity index (χ0v) is 12.7. The van der Waals surface area contributed by atoms with Gasteiger partial charge in [0.1, 0.15) is 11.5 Å². The number of aromatic nitrogens is 3. The molecule has 112 valence electrons. The first-order chi connectivity index (χ1) is 10.7. The minimum absolute atomic E-state index is 0.115. The minimum atomic E-state index is -0.115. The minimum Gasteiger partial charge on any atom is -0.368 e. The second kappa shape index (κ2) is 5.97. The Morgan fingerprint density at radius 1 is 1.18 bits per heavy atom. The van der Waals surface area contributed by atoms with Crippen molar-refractivity contribution >= 4 is 16.9 Å². The zero-order chi connectivity index (χ0) is 15.5. The van der Waals surface area contributed by atoms with Gasteiger partial charge in [-0.05, 0) is 43.7 Å². The van der Waals surface area contributed by atoms with Crippen molar-refractivity contribution < 1.29 is 0 Å². The van der Waals surface area contributed by atoms with Gasteiger partial charge in [-0.15, -0.1) is 0 Å². The Labute approximate surface area is 128 Å². The van der Waals surface area contributed by atoms with Gasteiger partial charge < -0.3 is 5.32 Å². The summed E-state index contributed by atoms with van der Waals surface area (Å²) >= 11 is 0. The molecule has 0 aliphatic carbocycles. The fraction of sp³-hybridized carbons (Fsp3) is 0.235. The molecule has 0 aromatic carbocycles. The molecule has 0 radical (unpaired) electrons. The third kappa shape index (κ3) is 2.70. The first-order valence-corrected chi connectivity index (χ1v) is 7.39. The number of rotatable bonds is 4. The lowest BCUT2D eigenvalue weighted by Crippen LogP contribution is -2.19. The molecule has 0 saturated heterocycles. The maximum Gasteiger partial charge on any atom is 0.256 e. The molecule has 0 bridgehead atoms. The van der Waals surface area contributed by atoms with Crippen LogP contribution < -0.4 is 10.9 Å². The van der Waals surface area contributed by atoms with Gasteiger partial charge in [0.25, 0.3) is 5.56 Å². The van der Waals surface area contributed by atoms with Crippen LogP contribution >= 0.6 is 0 Å². The maximum absolute atomic E-state index is 12.2. The Morgan fingerprint density at radius 2 is 2.05 bits per heavy atom. The van der Waals surface area contributed by atoms with Crippen molar-refractivity contribution in [2.75, 3.05) is 5.32 Å². The lowest BCUT2D eigenvalue weighted by Gasteiger charge is -2.13. The van der Waals surface area contributed by atoms with Crippen LogP contribution in [0.5, 0.6) is 0 Å². The predicted octanol–water partition coefficient (Wildman–Crippen LogP) is 2.99. The summed E-state index contributed by atoms with van der Waals surface area (Å²) < 4.78 is 1.58. The summed E-state index contributed by atoms with van der Waals surface area (Å²) in [4.78, 5) is 20.9. The molecule has 1 N–H and O–H groups in total. The van der Waals surface area contributed by atoms with Crippen LogP contribution in [-0.2, 0) is 0 Å². The second-order valence-corrected chi connectivity index (χ2v) is 5.28. The average Bonchev–Trinajstić information content (AvgIpc) is 2.55. The molecule has 5 heteroatoms. The van der Waals surface area contributed by atoms with Crippen molar-refractivity contribution in [2.45, 2.75) is 26.3 Å². The Kier molecular flexibility index (Phi) is 3.87. The molecule has 5 nitrogen and oxygen atoms in total. The molecule has 3 rings (SSSR count). The van der Waals surface area contributed by atoms with Crippen LogP contribution in [0.3, 0.4) is 0 Å². The van der Waals surface area contributed by atoms with E-state index in [1.165, 1.54) is 0 Å². The number of hydrogen-bond donors (Lipinski definition) is 1. The Bertz CT molecular complexity index is 839. The number of fused-ring (bicyclic) bond motifs is 1. The molecule has 0 aliphatic heterocycles. The summed E-state index contributed by atoms with van der Waals surface area (Å²) in [7, 11) is 0. The first-order valence-electron chi connectivity index (χ1n) is 7.39. The molecule has 0 aliphatic rings. The quantitative estimate of drug-likeness (QED) is 0.803. The van der Waals surface area contributed by atoms with Gasteiger partial charge >= 0.3 is 0 Å². The van der Waals surface area contributed by atoms with E-state index in [4.69, 9.17) is 0 Å². The Morgan fingerprint density at radius 3 is 2.77 bits per heavy atom. The van der Waals surface area contributed by atoms with Crippen LogP contribution in [0.25, 0.3) is 16.7 Å². The number of nitrogens with zero attached hydrogens (tertiary/aromatic N) is 3. The molecule has 0 saturated carbocycles. The van der Waals surface area contributed by atoms with Gasteiger partial charge in [0.15, 0.2) is 0 Å². The van der Waals surface area contributed by atoms with Gasteiger partial charge in [0.2, 0.25) is 0 Å². The molecule has 1 unspecified atom stereocenters. The topological polar surface area (TPSA) is 59.8 Å². The van der Waals surface area contributed by atoms with Gasteiger partial charge in [-0.2, -0.15) is 0 Å². The molecule has 1 atom stereocenters. The van der Waals surface area contributed by atoms with Gasteiger partial charge in [-0.1, -0.05) is 6.92 Å². The van der Waals surface area contributed by atoms with Crippen LogP contribution in [0.1, 0.15) is 20.3 Å². The predicted molar refractivity (Wildman–Crippen MR) is 88.5 cm³/mol. The lowest BCUT2D eigenvalue weighted by atomic mass is 10.2. The maximum atomic E-state index is 12.2. The lowest BCUT2D eigenvalue weighted by molar-refractivity contribution is 0.759. The highest BCUT2D eigenvalue weighted by Gasteiger charge is 2.07. The second-order valence-electron chi connectivity index (χ2n) is 5.28. The van der Waals surface area contributed by atoms with Crippen molar-refractivity contribution in [3.05, 3.63) is 59.1 Å². The fourth-order valence-electron chi connectivity index (χ4n) is 2.27. The smallest absolute Gasteiger partial charge is 0.256 e. The highest BCUT2D eigenvalue weighted by molar-refractivity contribution is 5.76. The van der Waals surface area contributed by atoms with Crippen LogP contribution in [-0.4, -0.2) is 20.6 Å². The monoisotopic (exact) mass is 294 g/mol. The number of nitrogens with one attached hydrogen (secondary N) is 1. The molecule has 3 heterocycles. The Hall–Kier alpha value is -2.69. The summed E-state index contributed by atoms with van der Waals surface area (Å²) in [6.45, 7) is 4.22. The molecule has 0 spiro atoms. The summed E-state index contributed by atoms with van der Waals surface area (Å²) in [6, 6.07) is 11.3. The largest absolute Gasteiger partial charge is 0.368 e. The molecule has 22 heavy (non-hydrogen) atoms. The van der Waals surface area contributed by atoms with E-state index < -0.39 is 0 Å². The summed E-state index contributed by atoms with van der Waals surface area (Å²) in [5, 5.41) is 4.23. The van der Waals surface area contributed by atoms with Crippen LogP contribution in [0.2, 0.25) is 0 Å². The molecular weight excluding hydrogens is 276 g/mol. The van der Waals surface area contributed by atoms with Gasteiger partial charge in [0, 0.05) is 23.7 Å². The summed E-state index contributed by atoms with van der Waals surface area (Å²) in [6.07, 6.45) is 4.40. The van der Waals surface area contributed by atoms with E-state index in [1.54, 1.807) is 29.1 Å². The third-order valence-electron chi connectivity index (χ3n) is 3.67. The van der Waals surface area contributed by atoms with Crippen molar-refractivity contribution in [1.29, 1.82) is 0 Å². The van der Waals surface area contributed by atoms with Crippen molar-refractivity contribution in [2.24, 2.45) is 0 Å². The number of pyridine rings is 3. The molecular formula is C17H18N4O. The van der Waals surface area contributed by atoms with E-state index in [2.05, 4.69) is 29.1 Å². The number of anilines is 1. The van der Waals surface area contributed by atoms with Crippen molar-refractivity contribution in [3.63, 3.8) is 0 Å². The van der Waals surface area contributed by atoms with Gasteiger partial charge in [-0.25, -0.2) is 9.97 Å². The Balaban J connectivity index is 2.05. The van der Waals surface area contributed by atoms with Crippen molar-refractivity contribution in [3.8, 4) is 5.69 Å². The van der Waals surface area contributed by atoms with E-state index in [0.29, 0.717) is 17.4 Å². The van der Waals surface area contributed by atoms with Crippen LogP contribution in [0, 0.1) is 0 Å². The third-order valence-corrected chi connectivity index (χ3v) is 3.67. The zero-order valence-electron chi connectivity index (χ0n) is 12.7. The van der Waals surface area contributed by atoms with E-state index in [0.717, 1.165) is 17.6 Å². The highest BCUT2D eigenvalue weighted by atomic mass is 16.1. The molecule has 3 aromatic heterocycles. The van der Waals surface area contributed by atoms with Gasteiger partial charge in [-0.3, -0.25) is 9.36 Å². The van der Waals surface area contributed by atoms with E-state index in [9.17, 15) is 4.79 Å². The molecule has 0 amide bonds. The fourth-order valence-corrected chi connectivity index (χ4v) is 2.27. The van der Waals surface area contributed by atoms with E-state index >= 15 is 0 Å². The summed E-state index contributed by atoms with van der Waals surface area (Å²) in [5.41, 5.74) is 1.24. The highest BCUT2D eigenvalue weighted by Crippen LogP contribution is 2.15.